The summed E-state index contributed by atoms with van der Waals surface area (Å²) >= 11 is 0. The first kappa shape index (κ1) is 18.5. The number of pyridine rings is 1. The second kappa shape index (κ2) is 7.55. The Morgan fingerprint density at radius 3 is 2.41 bits per heavy atom. The molecule has 0 amide bonds. The molecule has 0 bridgehead atoms. The van der Waals surface area contributed by atoms with Gasteiger partial charge in [-0.25, -0.2) is 8.42 Å². The van der Waals surface area contributed by atoms with E-state index in [9.17, 15) is 18.5 Å². The number of nitrogens with zero attached hydrogens (tertiary/aromatic N) is 2. The highest BCUT2D eigenvalue weighted by atomic mass is 32.2. The first-order valence-corrected chi connectivity index (χ1v) is 9.59. The van der Waals surface area contributed by atoms with Crippen molar-refractivity contribution in [2.45, 2.75) is 18.2 Å². The Morgan fingerprint density at radius 1 is 1.04 bits per heavy atom. The van der Waals surface area contributed by atoms with Crippen LogP contribution in [0.1, 0.15) is 16.8 Å². The quantitative estimate of drug-likeness (QED) is 0.517. The molecule has 0 saturated heterocycles. The van der Waals surface area contributed by atoms with Gasteiger partial charge in [0.1, 0.15) is 0 Å². The van der Waals surface area contributed by atoms with E-state index >= 15 is 0 Å². The predicted octanol–water partition coefficient (Wildman–Crippen LogP) is 3.69. The second-order valence-electron chi connectivity index (χ2n) is 6.04. The van der Waals surface area contributed by atoms with Crippen LogP contribution in [-0.2, 0) is 16.4 Å². The van der Waals surface area contributed by atoms with E-state index in [-0.39, 0.29) is 10.6 Å². The number of rotatable bonds is 6. The molecule has 0 fully saturated rings. The average Bonchev–Trinajstić information content (AvgIpc) is 2.64. The van der Waals surface area contributed by atoms with Gasteiger partial charge in [-0.15, -0.1) is 0 Å². The van der Waals surface area contributed by atoms with Crippen molar-refractivity contribution in [1.82, 2.24) is 4.98 Å². The molecule has 8 heteroatoms. The van der Waals surface area contributed by atoms with Gasteiger partial charge in [-0.05, 0) is 48.7 Å². The highest BCUT2D eigenvalue weighted by molar-refractivity contribution is 7.92. The fourth-order valence-electron chi connectivity index (χ4n) is 2.54. The third kappa shape index (κ3) is 4.68. The van der Waals surface area contributed by atoms with Gasteiger partial charge >= 0.3 is 0 Å². The molecule has 1 N–H and O–H groups in total. The molecule has 0 atom stereocenters. The van der Waals surface area contributed by atoms with Crippen LogP contribution >= 0.6 is 0 Å². The van der Waals surface area contributed by atoms with Crippen LogP contribution in [-0.4, -0.2) is 18.3 Å². The SMILES string of the molecule is Cc1ccc(NS(=O)(=O)c2cccc(Cc3ccc([N+](=O)[O-])cc3)c2)cn1. The van der Waals surface area contributed by atoms with Crippen molar-refractivity contribution in [3.63, 3.8) is 0 Å². The Hall–Kier alpha value is -3.26. The lowest BCUT2D eigenvalue weighted by atomic mass is 10.0. The van der Waals surface area contributed by atoms with Gasteiger partial charge in [0.05, 0.1) is 21.7 Å². The van der Waals surface area contributed by atoms with Crippen LogP contribution in [0.15, 0.2) is 71.8 Å². The van der Waals surface area contributed by atoms with Gasteiger partial charge in [-0.1, -0.05) is 24.3 Å². The summed E-state index contributed by atoms with van der Waals surface area (Å²) in [5.41, 5.74) is 2.84. The van der Waals surface area contributed by atoms with Crippen LogP contribution in [0.5, 0.6) is 0 Å². The summed E-state index contributed by atoms with van der Waals surface area (Å²) in [5, 5.41) is 10.7. The molecule has 0 radical (unpaired) electrons. The third-order valence-electron chi connectivity index (χ3n) is 3.93. The number of nitro benzene ring substituents is 1. The van der Waals surface area contributed by atoms with Crippen molar-refractivity contribution in [3.8, 4) is 0 Å². The number of hydrogen-bond donors (Lipinski definition) is 1. The molecule has 0 aliphatic carbocycles. The molecule has 3 rings (SSSR count). The normalized spacial score (nSPS) is 11.1. The fraction of sp³-hybridized carbons (Fsp3) is 0.105. The van der Waals surface area contributed by atoms with Crippen LogP contribution in [0.3, 0.4) is 0 Å². The summed E-state index contributed by atoms with van der Waals surface area (Å²) in [7, 11) is -3.74. The molecule has 0 aliphatic rings. The van der Waals surface area contributed by atoms with Crippen molar-refractivity contribution in [1.29, 1.82) is 0 Å². The number of nitro groups is 1. The molecule has 138 valence electrons. The van der Waals surface area contributed by atoms with Crippen molar-refractivity contribution >= 4 is 21.4 Å². The van der Waals surface area contributed by atoms with Crippen molar-refractivity contribution in [3.05, 3.63) is 93.8 Å². The van der Waals surface area contributed by atoms with Gasteiger partial charge in [0.25, 0.3) is 15.7 Å². The number of anilines is 1. The number of non-ortho nitro benzene ring substituents is 1. The van der Waals surface area contributed by atoms with Gasteiger partial charge in [0.15, 0.2) is 0 Å². The molecular weight excluding hydrogens is 366 g/mol. The van der Waals surface area contributed by atoms with E-state index in [1.54, 1.807) is 36.4 Å². The average molecular weight is 383 g/mol. The van der Waals surface area contributed by atoms with Crippen LogP contribution in [0, 0.1) is 17.0 Å². The van der Waals surface area contributed by atoms with E-state index in [2.05, 4.69) is 9.71 Å². The standard InChI is InChI=1S/C19H17N3O4S/c1-14-5-8-17(13-20-14)21-27(25,26)19-4-2-3-16(12-19)11-15-6-9-18(10-7-15)22(23)24/h2-10,12-13,21H,11H2,1H3. The highest BCUT2D eigenvalue weighted by Crippen LogP contribution is 2.20. The van der Waals surface area contributed by atoms with Crippen molar-refractivity contribution < 1.29 is 13.3 Å². The Labute approximate surface area is 156 Å². The highest BCUT2D eigenvalue weighted by Gasteiger charge is 2.15. The van der Waals surface area contributed by atoms with Gasteiger partial charge in [0.2, 0.25) is 0 Å². The van der Waals surface area contributed by atoms with Gasteiger partial charge in [-0.3, -0.25) is 19.8 Å². The maximum Gasteiger partial charge on any atom is 0.269 e. The summed E-state index contributed by atoms with van der Waals surface area (Å²) in [4.78, 5) is 14.5. The molecule has 1 heterocycles. The molecule has 1 aromatic heterocycles. The zero-order chi connectivity index (χ0) is 19.4. The molecule has 3 aromatic rings. The number of hydrogen-bond acceptors (Lipinski definition) is 5. The van der Waals surface area contributed by atoms with Gasteiger partial charge < -0.3 is 0 Å². The third-order valence-corrected chi connectivity index (χ3v) is 5.31. The lowest BCUT2D eigenvalue weighted by Gasteiger charge is -2.09. The summed E-state index contributed by atoms with van der Waals surface area (Å²) in [6.07, 6.45) is 1.93. The van der Waals surface area contributed by atoms with E-state index < -0.39 is 14.9 Å². The number of benzene rings is 2. The van der Waals surface area contributed by atoms with Crippen LogP contribution in [0.4, 0.5) is 11.4 Å². The minimum Gasteiger partial charge on any atom is -0.278 e. The molecule has 0 spiro atoms. The molecule has 0 saturated carbocycles. The lowest BCUT2D eigenvalue weighted by Crippen LogP contribution is -2.13. The smallest absolute Gasteiger partial charge is 0.269 e. The molecular formula is C19H17N3O4S. The maximum atomic E-state index is 12.6. The lowest BCUT2D eigenvalue weighted by molar-refractivity contribution is -0.384. The fourth-order valence-corrected chi connectivity index (χ4v) is 3.65. The second-order valence-corrected chi connectivity index (χ2v) is 7.72. The van der Waals surface area contributed by atoms with E-state index in [0.29, 0.717) is 12.1 Å². The molecule has 0 aliphatic heterocycles. The predicted molar refractivity (Wildman–Crippen MR) is 102 cm³/mol. The van der Waals surface area contributed by atoms with E-state index in [0.717, 1.165) is 16.8 Å². The minimum atomic E-state index is -3.74. The maximum absolute atomic E-state index is 12.6. The number of aryl methyl sites for hydroxylation is 1. The van der Waals surface area contributed by atoms with Crippen LogP contribution in [0.25, 0.3) is 0 Å². The zero-order valence-corrected chi connectivity index (χ0v) is 15.3. The first-order valence-electron chi connectivity index (χ1n) is 8.11. The van der Waals surface area contributed by atoms with E-state index in [1.807, 2.05) is 13.0 Å². The van der Waals surface area contributed by atoms with Gasteiger partial charge in [-0.2, -0.15) is 0 Å². The molecule has 7 nitrogen and oxygen atoms in total. The molecule has 27 heavy (non-hydrogen) atoms. The largest absolute Gasteiger partial charge is 0.278 e. The number of nitrogens with one attached hydrogen (secondary N) is 1. The Balaban J connectivity index is 1.79. The topological polar surface area (TPSA) is 102 Å². The minimum absolute atomic E-state index is 0.0194. The van der Waals surface area contributed by atoms with Crippen LogP contribution in [0.2, 0.25) is 0 Å². The van der Waals surface area contributed by atoms with Crippen molar-refractivity contribution in [2.24, 2.45) is 0 Å². The monoisotopic (exact) mass is 383 g/mol. The summed E-state index contributed by atoms with van der Waals surface area (Å²) in [6.45, 7) is 1.82. The summed E-state index contributed by atoms with van der Waals surface area (Å²) in [6, 6.07) is 16.2. The van der Waals surface area contributed by atoms with Crippen LogP contribution < -0.4 is 4.72 Å². The number of sulfonamides is 1. The number of aromatic nitrogens is 1. The van der Waals surface area contributed by atoms with E-state index in [1.165, 1.54) is 24.4 Å². The summed E-state index contributed by atoms with van der Waals surface area (Å²) in [5.74, 6) is 0. The van der Waals surface area contributed by atoms with Crippen molar-refractivity contribution in [2.75, 3.05) is 4.72 Å². The Morgan fingerprint density at radius 2 is 1.78 bits per heavy atom. The Kier molecular flexibility index (Phi) is 5.18. The van der Waals surface area contributed by atoms with E-state index in [4.69, 9.17) is 0 Å². The molecule has 0 unspecified atom stereocenters. The summed E-state index contributed by atoms with van der Waals surface area (Å²) < 4.78 is 27.7. The van der Waals surface area contributed by atoms with Gasteiger partial charge in [0, 0.05) is 17.8 Å². The first-order chi connectivity index (χ1) is 12.8. The molecule has 2 aromatic carbocycles. The zero-order valence-electron chi connectivity index (χ0n) is 14.5. The Bertz CT molecular complexity index is 1060.